The van der Waals surface area contributed by atoms with Gasteiger partial charge in [0.25, 0.3) is 0 Å². The maximum atomic E-state index is 5.53. The zero-order valence-electron chi connectivity index (χ0n) is 17.7. The van der Waals surface area contributed by atoms with Crippen molar-refractivity contribution >= 4 is 5.96 Å². The van der Waals surface area contributed by atoms with Crippen LogP contribution in [-0.2, 0) is 11.8 Å². The molecule has 2 aromatic rings. The van der Waals surface area contributed by atoms with Crippen LogP contribution in [0.3, 0.4) is 0 Å². The first-order chi connectivity index (χ1) is 14.2. The summed E-state index contributed by atoms with van der Waals surface area (Å²) in [6.07, 6.45) is 3.16. The van der Waals surface area contributed by atoms with Gasteiger partial charge in [-0.3, -0.25) is 4.99 Å². The molecule has 2 N–H and O–H groups in total. The van der Waals surface area contributed by atoms with Crippen LogP contribution in [-0.4, -0.2) is 47.4 Å². The molecule has 0 heterocycles. The lowest BCUT2D eigenvalue weighted by atomic mass is 9.96. The molecule has 0 amide bonds. The van der Waals surface area contributed by atoms with Gasteiger partial charge in [0.05, 0.1) is 21.3 Å². The molecule has 1 saturated carbocycles. The molecule has 0 unspecified atom stereocenters. The van der Waals surface area contributed by atoms with Gasteiger partial charge in [0, 0.05) is 43.2 Å². The highest BCUT2D eigenvalue weighted by Gasteiger charge is 2.43. The molecule has 6 heteroatoms. The SMILES string of the molecule is CN=C(NCCc1c(OC)cc(OC)cc1OC)NCC1(c2ccccc2)CC1. The normalized spacial score (nSPS) is 14.8. The van der Waals surface area contributed by atoms with Crippen molar-refractivity contribution in [3.63, 3.8) is 0 Å². The van der Waals surface area contributed by atoms with Gasteiger partial charge in [-0.2, -0.15) is 0 Å². The minimum atomic E-state index is 0.237. The minimum Gasteiger partial charge on any atom is -0.496 e. The molecule has 156 valence electrons. The van der Waals surface area contributed by atoms with E-state index in [4.69, 9.17) is 14.2 Å². The lowest BCUT2D eigenvalue weighted by Crippen LogP contribution is -2.42. The van der Waals surface area contributed by atoms with Crippen molar-refractivity contribution in [1.82, 2.24) is 10.6 Å². The van der Waals surface area contributed by atoms with Gasteiger partial charge >= 0.3 is 0 Å². The second-order valence-electron chi connectivity index (χ2n) is 7.26. The largest absolute Gasteiger partial charge is 0.496 e. The van der Waals surface area contributed by atoms with Crippen molar-refractivity contribution < 1.29 is 14.2 Å². The molecule has 2 aromatic carbocycles. The number of aliphatic imine (C=N–C) groups is 1. The average molecular weight is 398 g/mol. The summed E-state index contributed by atoms with van der Waals surface area (Å²) in [5, 5.41) is 6.89. The Morgan fingerprint density at radius 1 is 0.966 bits per heavy atom. The van der Waals surface area contributed by atoms with E-state index in [1.54, 1.807) is 28.4 Å². The molecule has 29 heavy (non-hydrogen) atoms. The molecule has 3 rings (SSSR count). The van der Waals surface area contributed by atoms with Gasteiger partial charge in [0.2, 0.25) is 0 Å². The molecule has 1 aliphatic carbocycles. The van der Waals surface area contributed by atoms with Crippen LogP contribution >= 0.6 is 0 Å². The summed E-state index contributed by atoms with van der Waals surface area (Å²) in [6, 6.07) is 14.5. The number of hydrogen-bond acceptors (Lipinski definition) is 4. The summed E-state index contributed by atoms with van der Waals surface area (Å²) in [4.78, 5) is 4.37. The monoisotopic (exact) mass is 397 g/mol. The van der Waals surface area contributed by atoms with Crippen LogP contribution in [0.1, 0.15) is 24.0 Å². The van der Waals surface area contributed by atoms with E-state index < -0.39 is 0 Å². The number of ether oxygens (including phenoxy) is 3. The summed E-state index contributed by atoms with van der Waals surface area (Å²) in [5.74, 6) is 3.03. The minimum absolute atomic E-state index is 0.237. The summed E-state index contributed by atoms with van der Waals surface area (Å²) < 4.78 is 16.4. The van der Waals surface area contributed by atoms with Gasteiger partial charge in [0.15, 0.2) is 5.96 Å². The van der Waals surface area contributed by atoms with Crippen LogP contribution in [0.2, 0.25) is 0 Å². The first-order valence-electron chi connectivity index (χ1n) is 9.94. The Kier molecular flexibility index (Phi) is 6.86. The van der Waals surface area contributed by atoms with Crippen LogP contribution in [0.15, 0.2) is 47.5 Å². The summed E-state index contributed by atoms with van der Waals surface area (Å²) in [7, 11) is 6.74. The van der Waals surface area contributed by atoms with Gasteiger partial charge in [-0.25, -0.2) is 0 Å². The third kappa shape index (κ3) is 4.94. The van der Waals surface area contributed by atoms with E-state index >= 15 is 0 Å². The van der Waals surface area contributed by atoms with Gasteiger partial charge in [0.1, 0.15) is 17.2 Å². The zero-order valence-corrected chi connectivity index (χ0v) is 17.7. The van der Waals surface area contributed by atoms with Crippen molar-refractivity contribution in [1.29, 1.82) is 0 Å². The van der Waals surface area contributed by atoms with Crippen LogP contribution in [0.5, 0.6) is 17.2 Å². The fraction of sp³-hybridized carbons (Fsp3) is 0.435. The fourth-order valence-electron chi connectivity index (χ4n) is 3.61. The van der Waals surface area contributed by atoms with Crippen molar-refractivity contribution in [2.75, 3.05) is 41.5 Å². The quantitative estimate of drug-likeness (QED) is 0.503. The standard InChI is InChI=1S/C23H31N3O3/c1-24-22(26-16-23(11-12-23)17-8-6-5-7-9-17)25-13-10-19-20(28-3)14-18(27-2)15-21(19)29-4/h5-9,14-15H,10-13,16H2,1-4H3,(H2,24,25,26). The Labute approximate surface area is 173 Å². The lowest BCUT2D eigenvalue weighted by molar-refractivity contribution is 0.368. The molecular formula is C23H31N3O3. The number of nitrogens with zero attached hydrogens (tertiary/aromatic N) is 1. The molecule has 1 aliphatic rings. The van der Waals surface area contributed by atoms with Crippen LogP contribution in [0.25, 0.3) is 0 Å². The van der Waals surface area contributed by atoms with Crippen molar-refractivity contribution in [3.05, 3.63) is 53.6 Å². The first kappa shape index (κ1) is 20.8. The third-order valence-corrected chi connectivity index (χ3v) is 5.54. The lowest BCUT2D eigenvalue weighted by Gasteiger charge is -2.19. The maximum absolute atomic E-state index is 5.53. The van der Waals surface area contributed by atoms with E-state index in [1.807, 2.05) is 12.1 Å². The Balaban J connectivity index is 1.57. The predicted octanol–water partition coefficient (Wildman–Crippen LogP) is 3.15. The molecule has 0 atom stereocenters. The summed E-state index contributed by atoms with van der Waals surface area (Å²) in [5.41, 5.74) is 2.64. The number of benzene rings is 2. The highest BCUT2D eigenvalue weighted by molar-refractivity contribution is 5.79. The van der Waals surface area contributed by atoms with Gasteiger partial charge < -0.3 is 24.8 Å². The number of methoxy groups -OCH3 is 3. The van der Waals surface area contributed by atoms with Crippen molar-refractivity contribution in [3.8, 4) is 17.2 Å². The van der Waals surface area contributed by atoms with Crippen molar-refractivity contribution in [2.24, 2.45) is 4.99 Å². The van der Waals surface area contributed by atoms with Crippen LogP contribution < -0.4 is 24.8 Å². The van der Waals surface area contributed by atoms with E-state index in [-0.39, 0.29) is 5.41 Å². The summed E-state index contributed by atoms with van der Waals surface area (Å²) >= 11 is 0. The topological polar surface area (TPSA) is 64.1 Å². The average Bonchev–Trinajstić information content (AvgIpc) is 3.57. The smallest absolute Gasteiger partial charge is 0.191 e. The molecular weight excluding hydrogens is 366 g/mol. The van der Waals surface area contributed by atoms with Gasteiger partial charge in [-0.15, -0.1) is 0 Å². The Hall–Kier alpha value is -2.89. The van der Waals surface area contributed by atoms with Gasteiger partial charge in [-0.05, 0) is 24.8 Å². The number of rotatable bonds is 9. The molecule has 0 bridgehead atoms. The van der Waals surface area contributed by atoms with E-state index in [0.717, 1.165) is 36.0 Å². The second kappa shape index (κ2) is 9.54. The molecule has 1 fully saturated rings. The number of guanidine groups is 1. The maximum Gasteiger partial charge on any atom is 0.191 e. The molecule has 0 saturated heterocycles. The molecule has 0 spiro atoms. The van der Waals surface area contributed by atoms with E-state index in [1.165, 1.54) is 18.4 Å². The van der Waals surface area contributed by atoms with Crippen LogP contribution in [0.4, 0.5) is 0 Å². The van der Waals surface area contributed by atoms with Crippen molar-refractivity contribution in [2.45, 2.75) is 24.7 Å². The Morgan fingerprint density at radius 3 is 2.14 bits per heavy atom. The molecule has 0 aromatic heterocycles. The highest BCUT2D eigenvalue weighted by Crippen LogP contribution is 2.47. The van der Waals surface area contributed by atoms with E-state index in [2.05, 4.69) is 46.0 Å². The highest BCUT2D eigenvalue weighted by atomic mass is 16.5. The molecule has 0 aliphatic heterocycles. The number of hydrogen-bond donors (Lipinski definition) is 2. The second-order valence-corrected chi connectivity index (χ2v) is 7.26. The number of nitrogens with one attached hydrogen (secondary N) is 2. The third-order valence-electron chi connectivity index (χ3n) is 5.54. The van der Waals surface area contributed by atoms with Crippen LogP contribution in [0, 0.1) is 0 Å². The summed E-state index contributed by atoms with van der Waals surface area (Å²) in [6.45, 7) is 1.59. The van der Waals surface area contributed by atoms with E-state index in [9.17, 15) is 0 Å². The zero-order chi connectivity index (χ0) is 20.7. The Bertz CT molecular complexity index is 808. The van der Waals surface area contributed by atoms with E-state index in [0.29, 0.717) is 12.3 Å². The molecule has 0 radical (unpaired) electrons. The Morgan fingerprint density at radius 2 is 1.62 bits per heavy atom. The van der Waals surface area contributed by atoms with Gasteiger partial charge in [-0.1, -0.05) is 30.3 Å². The molecule has 6 nitrogen and oxygen atoms in total. The fourth-order valence-corrected chi connectivity index (χ4v) is 3.61. The first-order valence-corrected chi connectivity index (χ1v) is 9.94. The predicted molar refractivity (Wildman–Crippen MR) is 117 cm³/mol.